The van der Waals surface area contributed by atoms with Gasteiger partial charge >= 0.3 is 0 Å². The fourth-order valence-electron chi connectivity index (χ4n) is 1.16. The molecule has 0 amide bonds. The molecule has 1 rings (SSSR count). The summed E-state index contributed by atoms with van der Waals surface area (Å²) in [6.07, 6.45) is 2.24. The molecular weight excluding hydrogens is 220 g/mol. The van der Waals surface area contributed by atoms with E-state index in [4.69, 9.17) is 17.0 Å². The number of hydrogen-bond donors (Lipinski definition) is 2. The lowest BCUT2D eigenvalue weighted by molar-refractivity contribution is 0.309. The first kappa shape index (κ1) is 12.8. The van der Waals surface area contributed by atoms with Gasteiger partial charge in [-0.05, 0) is 42.9 Å². The average molecular weight is 238 g/mol. The van der Waals surface area contributed by atoms with Crippen molar-refractivity contribution in [2.24, 2.45) is 0 Å². The number of anilines is 1. The van der Waals surface area contributed by atoms with Crippen LogP contribution in [0.4, 0.5) is 5.69 Å². The quantitative estimate of drug-likeness (QED) is 0.610. The molecule has 0 saturated heterocycles. The van der Waals surface area contributed by atoms with Crippen LogP contribution in [0.3, 0.4) is 0 Å². The van der Waals surface area contributed by atoms with Crippen molar-refractivity contribution in [3.63, 3.8) is 0 Å². The van der Waals surface area contributed by atoms with Gasteiger partial charge in [0.15, 0.2) is 5.11 Å². The van der Waals surface area contributed by atoms with E-state index in [0.717, 1.165) is 30.9 Å². The predicted molar refractivity (Wildman–Crippen MR) is 72.1 cm³/mol. The largest absolute Gasteiger partial charge is 0.494 e. The van der Waals surface area contributed by atoms with Crippen LogP contribution in [0.25, 0.3) is 0 Å². The van der Waals surface area contributed by atoms with Crippen molar-refractivity contribution in [1.82, 2.24) is 5.32 Å². The number of unbranched alkanes of at least 4 members (excludes halogenated alkanes) is 1. The standard InChI is InChI=1S/C12H18N2OS/c1-3-4-9-15-11-7-5-10(6-8-11)14-12(16)13-2/h5-8H,3-4,9H2,1-2H3,(H2,13,14,16). The van der Waals surface area contributed by atoms with E-state index in [-0.39, 0.29) is 0 Å². The van der Waals surface area contributed by atoms with E-state index in [9.17, 15) is 0 Å². The summed E-state index contributed by atoms with van der Waals surface area (Å²) >= 11 is 5.00. The van der Waals surface area contributed by atoms with E-state index >= 15 is 0 Å². The normalized spacial score (nSPS) is 9.62. The number of hydrogen-bond acceptors (Lipinski definition) is 2. The van der Waals surface area contributed by atoms with E-state index in [1.807, 2.05) is 24.3 Å². The third-order valence-corrected chi connectivity index (χ3v) is 2.41. The van der Waals surface area contributed by atoms with Crippen molar-refractivity contribution >= 4 is 23.0 Å². The molecule has 1 aromatic rings. The first-order valence-electron chi connectivity index (χ1n) is 5.48. The fourth-order valence-corrected chi connectivity index (χ4v) is 1.28. The molecule has 0 aliphatic rings. The summed E-state index contributed by atoms with van der Waals surface area (Å²) in [7, 11) is 1.79. The molecule has 0 aromatic heterocycles. The molecular formula is C12H18N2OS. The highest BCUT2D eigenvalue weighted by Gasteiger charge is 1.96. The van der Waals surface area contributed by atoms with Crippen LogP contribution < -0.4 is 15.4 Å². The second kappa shape index (κ2) is 7.06. The summed E-state index contributed by atoms with van der Waals surface area (Å²) in [5.41, 5.74) is 0.960. The smallest absolute Gasteiger partial charge is 0.170 e. The van der Waals surface area contributed by atoms with Gasteiger partial charge in [-0.2, -0.15) is 0 Å². The number of ether oxygens (including phenoxy) is 1. The van der Waals surface area contributed by atoms with Crippen LogP contribution >= 0.6 is 12.2 Å². The van der Waals surface area contributed by atoms with Crippen LogP contribution in [-0.4, -0.2) is 18.8 Å². The number of thiocarbonyl (C=S) groups is 1. The minimum atomic E-state index is 0.611. The number of rotatable bonds is 5. The molecule has 0 saturated carbocycles. The minimum Gasteiger partial charge on any atom is -0.494 e. The molecule has 4 heteroatoms. The molecule has 0 atom stereocenters. The van der Waals surface area contributed by atoms with E-state index in [2.05, 4.69) is 17.6 Å². The van der Waals surface area contributed by atoms with Gasteiger partial charge in [-0.25, -0.2) is 0 Å². The molecule has 0 fully saturated rings. The van der Waals surface area contributed by atoms with E-state index in [1.54, 1.807) is 7.05 Å². The van der Waals surface area contributed by atoms with Crippen molar-refractivity contribution in [3.8, 4) is 5.75 Å². The van der Waals surface area contributed by atoms with Crippen molar-refractivity contribution < 1.29 is 4.74 Å². The lowest BCUT2D eigenvalue weighted by atomic mass is 10.3. The van der Waals surface area contributed by atoms with Gasteiger partial charge in [-0.15, -0.1) is 0 Å². The topological polar surface area (TPSA) is 33.3 Å². The zero-order valence-electron chi connectivity index (χ0n) is 9.75. The van der Waals surface area contributed by atoms with Gasteiger partial charge < -0.3 is 15.4 Å². The van der Waals surface area contributed by atoms with E-state index in [1.165, 1.54) is 0 Å². The lowest BCUT2D eigenvalue weighted by Gasteiger charge is -2.08. The Bertz CT molecular complexity index is 324. The Balaban J connectivity index is 2.44. The van der Waals surface area contributed by atoms with Crippen LogP contribution in [0.2, 0.25) is 0 Å². The number of benzene rings is 1. The highest BCUT2D eigenvalue weighted by atomic mass is 32.1. The maximum atomic E-state index is 5.56. The van der Waals surface area contributed by atoms with Gasteiger partial charge in [-0.3, -0.25) is 0 Å². The molecule has 0 unspecified atom stereocenters. The van der Waals surface area contributed by atoms with Gasteiger partial charge in [0.25, 0.3) is 0 Å². The van der Waals surface area contributed by atoms with Gasteiger partial charge in [0.1, 0.15) is 5.75 Å². The molecule has 0 spiro atoms. The second-order valence-corrected chi connectivity index (χ2v) is 3.84. The maximum Gasteiger partial charge on any atom is 0.170 e. The summed E-state index contributed by atoms with van der Waals surface area (Å²) < 4.78 is 5.56. The Kier molecular flexibility index (Phi) is 5.64. The summed E-state index contributed by atoms with van der Waals surface area (Å²) in [6, 6.07) is 7.78. The molecule has 3 nitrogen and oxygen atoms in total. The van der Waals surface area contributed by atoms with Crippen molar-refractivity contribution in [3.05, 3.63) is 24.3 Å². The van der Waals surface area contributed by atoms with Gasteiger partial charge in [0, 0.05) is 12.7 Å². The summed E-state index contributed by atoms with van der Waals surface area (Å²) in [6.45, 7) is 2.92. The average Bonchev–Trinajstić information content (AvgIpc) is 2.31. The zero-order valence-corrected chi connectivity index (χ0v) is 10.6. The van der Waals surface area contributed by atoms with E-state index in [0.29, 0.717) is 5.11 Å². The van der Waals surface area contributed by atoms with Gasteiger partial charge in [0.05, 0.1) is 6.61 Å². The SMILES string of the molecule is CCCCOc1ccc(NC(=S)NC)cc1. The zero-order chi connectivity index (χ0) is 11.8. The molecule has 0 radical (unpaired) electrons. The molecule has 0 bridgehead atoms. The molecule has 88 valence electrons. The monoisotopic (exact) mass is 238 g/mol. The van der Waals surface area contributed by atoms with Crippen molar-refractivity contribution in [2.75, 3.05) is 19.0 Å². The van der Waals surface area contributed by atoms with Gasteiger partial charge in [-0.1, -0.05) is 13.3 Å². The van der Waals surface area contributed by atoms with Crippen molar-refractivity contribution in [2.45, 2.75) is 19.8 Å². The Morgan fingerprint density at radius 1 is 1.31 bits per heavy atom. The summed E-state index contributed by atoms with van der Waals surface area (Å²) in [5, 5.41) is 6.52. The molecule has 0 aliphatic carbocycles. The highest BCUT2D eigenvalue weighted by molar-refractivity contribution is 7.80. The second-order valence-electron chi connectivity index (χ2n) is 3.43. The highest BCUT2D eigenvalue weighted by Crippen LogP contribution is 2.15. The molecule has 0 aliphatic heterocycles. The van der Waals surface area contributed by atoms with Crippen LogP contribution in [0.1, 0.15) is 19.8 Å². The third-order valence-electron chi connectivity index (χ3n) is 2.11. The molecule has 16 heavy (non-hydrogen) atoms. The molecule has 1 aromatic carbocycles. The predicted octanol–water partition coefficient (Wildman–Crippen LogP) is 2.78. The molecule has 0 heterocycles. The van der Waals surface area contributed by atoms with Crippen LogP contribution in [-0.2, 0) is 0 Å². The first-order valence-corrected chi connectivity index (χ1v) is 5.88. The van der Waals surface area contributed by atoms with Crippen LogP contribution in [0.15, 0.2) is 24.3 Å². The number of nitrogens with one attached hydrogen (secondary N) is 2. The van der Waals surface area contributed by atoms with Crippen molar-refractivity contribution in [1.29, 1.82) is 0 Å². The van der Waals surface area contributed by atoms with E-state index < -0.39 is 0 Å². The summed E-state index contributed by atoms with van der Waals surface area (Å²) in [5.74, 6) is 0.898. The third kappa shape index (κ3) is 4.49. The maximum absolute atomic E-state index is 5.56. The van der Waals surface area contributed by atoms with Crippen LogP contribution in [0, 0.1) is 0 Å². The van der Waals surface area contributed by atoms with Crippen LogP contribution in [0.5, 0.6) is 5.75 Å². The lowest BCUT2D eigenvalue weighted by Crippen LogP contribution is -2.23. The first-order chi connectivity index (χ1) is 7.76. The fraction of sp³-hybridized carbons (Fsp3) is 0.417. The Morgan fingerprint density at radius 2 is 2.00 bits per heavy atom. The van der Waals surface area contributed by atoms with Gasteiger partial charge in [0.2, 0.25) is 0 Å². The Morgan fingerprint density at radius 3 is 2.56 bits per heavy atom. The Labute approximate surface area is 102 Å². The molecule has 2 N–H and O–H groups in total. The summed E-state index contributed by atoms with van der Waals surface area (Å²) in [4.78, 5) is 0. The minimum absolute atomic E-state index is 0.611. The Hall–Kier alpha value is -1.29.